The molecule has 0 atom stereocenters. The van der Waals surface area contributed by atoms with Crippen LogP contribution in [0.5, 0.6) is 5.75 Å². The molecular formula is C16H22F3NO. The first-order valence-electron chi connectivity index (χ1n) is 7.41. The fourth-order valence-electron chi connectivity index (χ4n) is 2.74. The second kappa shape index (κ2) is 6.69. The molecule has 118 valence electrons. The van der Waals surface area contributed by atoms with Gasteiger partial charge in [0.05, 0.1) is 11.7 Å². The third-order valence-electron chi connectivity index (χ3n) is 3.99. The zero-order valence-electron chi connectivity index (χ0n) is 12.5. The van der Waals surface area contributed by atoms with E-state index in [1.807, 2.05) is 0 Å². The van der Waals surface area contributed by atoms with Gasteiger partial charge in [-0.2, -0.15) is 13.2 Å². The Kier molecular flexibility index (Phi) is 5.14. The third-order valence-corrected chi connectivity index (χ3v) is 3.99. The minimum Gasteiger partial charge on any atom is -0.490 e. The number of hydrogen-bond donors (Lipinski definition) is 1. The molecular weight excluding hydrogens is 279 g/mol. The summed E-state index contributed by atoms with van der Waals surface area (Å²) in [5.74, 6) is 0.604. The van der Waals surface area contributed by atoms with Gasteiger partial charge in [0.25, 0.3) is 0 Å². The predicted molar refractivity (Wildman–Crippen MR) is 76.3 cm³/mol. The number of alkyl halides is 3. The van der Waals surface area contributed by atoms with E-state index in [0.29, 0.717) is 18.0 Å². The normalized spacial score (nSPS) is 23.1. The summed E-state index contributed by atoms with van der Waals surface area (Å²) in [7, 11) is 1.71. The van der Waals surface area contributed by atoms with Gasteiger partial charge in [-0.15, -0.1) is 0 Å². The fraction of sp³-hybridized carbons (Fsp3) is 0.625. The smallest absolute Gasteiger partial charge is 0.419 e. The highest BCUT2D eigenvalue weighted by molar-refractivity contribution is 5.39. The molecule has 1 aromatic rings. The van der Waals surface area contributed by atoms with Gasteiger partial charge in [-0.3, -0.25) is 0 Å². The molecule has 1 fully saturated rings. The summed E-state index contributed by atoms with van der Waals surface area (Å²) in [6, 6.07) is 4.32. The zero-order chi connectivity index (χ0) is 15.5. The first-order valence-corrected chi connectivity index (χ1v) is 7.41. The number of benzene rings is 1. The van der Waals surface area contributed by atoms with Crippen molar-refractivity contribution in [3.05, 3.63) is 29.3 Å². The Hall–Kier alpha value is -1.23. The van der Waals surface area contributed by atoms with E-state index < -0.39 is 11.7 Å². The minimum atomic E-state index is -4.39. The molecule has 0 unspecified atom stereocenters. The van der Waals surface area contributed by atoms with Gasteiger partial charge in [-0.1, -0.05) is 13.0 Å². The van der Waals surface area contributed by atoms with Crippen LogP contribution < -0.4 is 10.1 Å². The van der Waals surface area contributed by atoms with Crippen molar-refractivity contribution >= 4 is 0 Å². The Labute approximate surface area is 123 Å². The summed E-state index contributed by atoms with van der Waals surface area (Å²) in [6.07, 6.45) is -0.792. The maximum atomic E-state index is 13.2. The lowest BCUT2D eigenvalue weighted by molar-refractivity contribution is -0.139. The van der Waals surface area contributed by atoms with Crippen molar-refractivity contribution in [2.45, 2.75) is 51.4 Å². The van der Waals surface area contributed by atoms with Crippen molar-refractivity contribution in [2.75, 3.05) is 7.05 Å². The van der Waals surface area contributed by atoms with E-state index in [2.05, 4.69) is 12.2 Å². The molecule has 0 saturated heterocycles. The SMILES string of the molecule is CNCc1ccc(OC2CCC(C)CC2)c(C(F)(F)F)c1. The molecule has 1 aliphatic rings. The second-order valence-electron chi connectivity index (χ2n) is 5.86. The molecule has 0 heterocycles. The lowest BCUT2D eigenvalue weighted by atomic mass is 9.89. The van der Waals surface area contributed by atoms with E-state index in [1.165, 1.54) is 12.1 Å². The van der Waals surface area contributed by atoms with Gasteiger partial charge in [-0.05, 0) is 56.3 Å². The Morgan fingerprint density at radius 1 is 1.19 bits per heavy atom. The molecule has 2 rings (SSSR count). The van der Waals surface area contributed by atoms with Gasteiger partial charge < -0.3 is 10.1 Å². The molecule has 1 N–H and O–H groups in total. The van der Waals surface area contributed by atoms with Crippen LogP contribution >= 0.6 is 0 Å². The lowest BCUT2D eigenvalue weighted by Gasteiger charge is -2.28. The number of hydrogen-bond acceptors (Lipinski definition) is 2. The van der Waals surface area contributed by atoms with Gasteiger partial charge >= 0.3 is 6.18 Å². The molecule has 0 bridgehead atoms. The summed E-state index contributed by atoms with van der Waals surface area (Å²) in [5, 5.41) is 2.86. The van der Waals surface area contributed by atoms with Crippen LogP contribution in [0.3, 0.4) is 0 Å². The van der Waals surface area contributed by atoms with Gasteiger partial charge in [0.1, 0.15) is 5.75 Å². The van der Waals surface area contributed by atoms with E-state index in [9.17, 15) is 13.2 Å². The second-order valence-corrected chi connectivity index (χ2v) is 5.86. The summed E-state index contributed by atoms with van der Waals surface area (Å²) >= 11 is 0. The highest BCUT2D eigenvalue weighted by Crippen LogP contribution is 2.38. The maximum Gasteiger partial charge on any atom is 0.419 e. The fourth-order valence-corrected chi connectivity index (χ4v) is 2.74. The topological polar surface area (TPSA) is 21.3 Å². The van der Waals surface area contributed by atoms with Gasteiger partial charge in [0.2, 0.25) is 0 Å². The molecule has 0 radical (unpaired) electrons. The van der Waals surface area contributed by atoms with Crippen molar-refractivity contribution in [3.8, 4) is 5.75 Å². The molecule has 0 spiro atoms. The molecule has 1 saturated carbocycles. The first kappa shape index (κ1) is 16.1. The average Bonchev–Trinajstić information content (AvgIpc) is 2.42. The van der Waals surface area contributed by atoms with E-state index in [-0.39, 0.29) is 11.9 Å². The number of halogens is 3. The molecule has 5 heteroatoms. The number of rotatable bonds is 4. The quantitative estimate of drug-likeness (QED) is 0.891. The monoisotopic (exact) mass is 301 g/mol. The molecule has 2 nitrogen and oxygen atoms in total. The lowest BCUT2D eigenvalue weighted by Crippen LogP contribution is -2.24. The minimum absolute atomic E-state index is 0.0399. The number of ether oxygens (including phenoxy) is 1. The van der Waals surface area contributed by atoms with Crippen LogP contribution in [0, 0.1) is 5.92 Å². The van der Waals surface area contributed by atoms with Crippen LogP contribution in [0.2, 0.25) is 0 Å². The largest absolute Gasteiger partial charge is 0.490 e. The Morgan fingerprint density at radius 3 is 2.43 bits per heavy atom. The molecule has 0 amide bonds. The first-order chi connectivity index (χ1) is 9.90. The summed E-state index contributed by atoms with van der Waals surface area (Å²) in [6.45, 7) is 2.58. The van der Waals surface area contributed by atoms with Crippen LogP contribution in [0.4, 0.5) is 13.2 Å². The Balaban J connectivity index is 2.17. The van der Waals surface area contributed by atoms with Gasteiger partial charge in [0.15, 0.2) is 0 Å². The van der Waals surface area contributed by atoms with Crippen molar-refractivity contribution in [2.24, 2.45) is 5.92 Å². The molecule has 1 aromatic carbocycles. The van der Waals surface area contributed by atoms with Crippen LogP contribution in [-0.2, 0) is 12.7 Å². The van der Waals surface area contributed by atoms with Crippen molar-refractivity contribution in [3.63, 3.8) is 0 Å². The number of nitrogens with one attached hydrogen (secondary N) is 1. The van der Waals surface area contributed by atoms with Gasteiger partial charge in [-0.25, -0.2) is 0 Å². The summed E-state index contributed by atoms with van der Waals surface area (Å²) < 4.78 is 45.2. The van der Waals surface area contributed by atoms with Crippen LogP contribution in [-0.4, -0.2) is 13.2 Å². The van der Waals surface area contributed by atoms with E-state index in [1.54, 1.807) is 13.1 Å². The predicted octanol–water partition coefficient (Wildman–Crippen LogP) is 4.38. The molecule has 0 aliphatic heterocycles. The van der Waals surface area contributed by atoms with Gasteiger partial charge in [0, 0.05) is 6.54 Å². The highest BCUT2D eigenvalue weighted by atomic mass is 19.4. The van der Waals surface area contributed by atoms with Crippen LogP contribution in [0.25, 0.3) is 0 Å². The standard InChI is InChI=1S/C16H22F3NO/c1-11-3-6-13(7-4-11)21-15-8-5-12(10-20-2)9-14(15)16(17,18)19/h5,8-9,11,13,20H,3-4,6-7,10H2,1-2H3. The van der Waals surface area contributed by atoms with Crippen LogP contribution in [0.1, 0.15) is 43.7 Å². The maximum absolute atomic E-state index is 13.2. The summed E-state index contributed by atoms with van der Waals surface area (Å²) in [5.41, 5.74) is -0.0664. The average molecular weight is 301 g/mol. The summed E-state index contributed by atoms with van der Waals surface area (Å²) in [4.78, 5) is 0. The van der Waals surface area contributed by atoms with E-state index in [0.717, 1.165) is 25.7 Å². The van der Waals surface area contributed by atoms with Crippen molar-refractivity contribution in [1.82, 2.24) is 5.32 Å². The third kappa shape index (κ3) is 4.37. The molecule has 0 aromatic heterocycles. The van der Waals surface area contributed by atoms with Crippen molar-refractivity contribution < 1.29 is 17.9 Å². The van der Waals surface area contributed by atoms with E-state index >= 15 is 0 Å². The molecule has 1 aliphatic carbocycles. The Bertz CT molecular complexity index is 465. The van der Waals surface area contributed by atoms with E-state index in [4.69, 9.17) is 4.74 Å². The van der Waals surface area contributed by atoms with Crippen molar-refractivity contribution in [1.29, 1.82) is 0 Å². The Morgan fingerprint density at radius 2 is 1.86 bits per heavy atom. The van der Waals surface area contributed by atoms with Crippen LogP contribution in [0.15, 0.2) is 18.2 Å². The zero-order valence-corrected chi connectivity index (χ0v) is 12.5. The molecule has 21 heavy (non-hydrogen) atoms. The highest BCUT2D eigenvalue weighted by Gasteiger charge is 2.35.